The molecule has 1 rings (SSSR count). The predicted octanol–water partition coefficient (Wildman–Crippen LogP) is -1.50. The zero-order chi connectivity index (χ0) is 19.2. The number of unbranched alkanes of at least 4 members (excludes halogenated alkanes) is 1. The summed E-state index contributed by atoms with van der Waals surface area (Å²) in [5.74, 6) is 0.00202. The van der Waals surface area contributed by atoms with E-state index in [0.717, 1.165) is 12.8 Å². The summed E-state index contributed by atoms with van der Waals surface area (Å²) in [4.78, 5) is 44.0. The molecule has 2 atom stereocenters. The zero-order valence-corrected chi connectivity index (χ0v) is 14.6. The third kappa shape index (κ3) is 12.6. The first-order valence-electron chi connectivity index (χ1n) is 8.06. The van der Waals surface area contributed by atoms with Gasteiger partial charge in [-0.25, -0.2) is 0 Å². The third-order valence-corrected chi connectivity index (χ3v) is 3.14. The van der Waals surface area contributed by atoms with E-state index < -0.39 is 6.04 Å². The molecule has 0 saturated carbocycles. The lowest BCUT2D eigenvalue weighted by Crippen LogP contribution is -2.48. The molecule has 0 radical (unpaired) electrons. The summed E-state index contributed by atoms with van der Waals surface area (Å²) in [6, 6.07) is -0.519. The molecular weight excluding hydrogens is 330 g/mol. The number of nitrogens with zero attached hydrogens (tertiary/aromatic N) is 1. The molecule has 0 aromatic rings. The van der Waals surface area contributed by atoms with Crippen LogP contribution in [0.25, 0.3) is 0 Å². The molecule has 0 unspecified atom stereocenters. The second kappa shape index (κ2) is 12.9. The van der Waals surface area contributed by atoms with Crippen LogP contribution >= 0.6 is 0 Å². The van der Waals surface area contributed by atoms with Crippen LogP contribution in [0.15, 0.2) is 4.99 Å². The van der Waals surface area contributed by atoms with Crippen LogP contribution in [0.1, 0.15) is 33.1 Å². The van der Waals surface area contributed by atoms with Gasteiger partial charge in [0, 0.05) is 13.1 Å². The molecule has 6 N–H and O–H groups in total. The van der Waals surface area contributed by atoms with Gasteiger partial charge in [0.2, 0.25) is 5.91 Å². The number of hydrogen-bond donors (Lipinski definition) is 4. The van der Waals surface area contributed by atoms with Crippen LogP contribution in [0, 0.1) is 5.92 Å². The molecule has 25 heavy (non-hydrogen) atoms. The largest absolute Gasteiger partial charge is 0.373 e. The number of amides is 2. The number of aliphatic imine (C=N–C) groups is 1. The van der Waals surface area contributed by atoms with Crippen molar-refractivity contribution >= 4 is 23.9 Å². The van der Waals surface area contributed by atoms with Crippen molar-refractivity contribution < 1.29 is 23.9 Å². The Bertz CT molecular complexity index is 481. The van der Waals surface area contributed by atoms with E-state index in [0.29, 0.717) is 32.0 Å². The lowest BCUT2D eigenvalue weighted by atomic mass is 10.0. The van der Waals surface area contributed by atoms with Crippen molar-refractivity contribution in [3.63, 3.8) is 0 Å². The molecule has 0 aromatic carbocycles. The Balaban J connectivity index is 0.00000178. The van der Waals surface area contributed by atoms with Gasteiger partial charge in [-0.3, -0.25) is 14.6 Å². The van der Waals surface area contributed by atoms with E-state index in [-0.39, 0.29) is 30.0 Å². The van der Waals surface area contributed by atoms with Crippen LogP contribution < -0.4 is 22.1 Å². The fourth-order valence-corrected chi connectivity index (χ4v) is 1.95. The van der Waals surface area contributed by atoms with Crippen LogP contribution in [-0.4, -0.2) is 55.8 Å². The number of nitrogens with two attached hydrogens (primary N) is 2. The summed E-state index contributed by atoms with van der Waals surface area (Å²) in [6.07, 6.45) is 2.02. The maximum atomic E-state index is 12.2. The quantitative estimate of drug-likeness (QED) is 0.160. The van der Waals surface area contributed by atoms with Gasteiger partial charge in [-0.1, -0.05) is 13.8 Å². The Morgan fingerprint density at radius 1 is 1.28 bits per heavy atom. The summed E-state index contributed by atoms with van der Waals surface area (Å²) >= 11 is 0. The average molecular weight is 357 g/mol. The number of carbonyl (C=O) groups is 2. The lowest BCUT2D eigenvalue weighted by Gasteiger charge is -2.19. The Hall–Kier alpha value is -2.45. The molecule has 1 fully saturated rings. The third-order valence-electron chi connectivity index (χ3n) is 3.14. The van der Waals surface area contributed by atoms with Crippen molar-refractivity contribution in [3.8, 4) is 0 Å². The molecule has 1 saturated heterocycles. The van der Waals surface area contributed by atoms with Crippen molar-refractivity contribution in [2.75, 3.05) is 19.7 Å². The predicted molar refractivity (Wildman–Crippen MR) is 89.1 cm³/mol. The summed E-state index contributed by atoms with van der Waals surface area (Å²) in [5, 5.41) is 5.58. The van der Waals surface area contributed by atoms with Gasteiger partial charge < -0.3 is 26.8 Å². The molecule has 0 aromatic heterocycles. The maximum Gasteiger partial charge on any atom is 0.373 e. The molecular formula is C15H27N5O5. The Morgan fingerprint density at radius 3 is 2.36 bits per heavy atom. The van der Waals surface area contributed by atoms with Crippen LogP contribution in [0.2, 0.25) is 0 Å². The van der Waals surface area contributed by atoms with E-state index in [9.17, 15) is 9.59 Å². The van der Waals surface area contributed by atoms with Crippen LogP contribution in [-0.2, 0) is 23.9 Å². The van der Waals surface area contributed by atoms with Crippen LogP contribution in [0.3, 0.4) is 0 Å². The van der Waals surface area contributed by atoms with Crippen LogP contribution in [0.4, 0.5) is 0 Å². The molecule has 0 spiro atoms. The zero-order valence-electron chi connectivity index (χ0n) is 14.6. The van der Waals surface area contributed by atoms with Crippen molar-refractivity contribution in [2.45, 2.75) is 45.3 Å². The number of nitrogens with one attached hydrogen (secondary N) is 2. The molecule has 1 aliphatic rings. The minimum absolute atomic E-state index is 0.0750. The van der Waals surface area contributed by atoms with E-state index in [4.69, 9.17) is 25.8 Å². The van der Waals surface area contributed by atoms with E-state index in [1.807, 2.05) is 13.8 Å². The number of carbonyl (C=O) groups excluding carboxylic acids is 4. The summed E-state index contributed by atoms with van der Waals surface area (Å²) in [6.45, 7) is 5.53. The van der Waals surface area contributed by atoms with Gasteiger partial charge in [-0.05, 0) is 25.2 Å². The topological polar surface area (TPSA) is 169 Å². The van der Waals surface area contributed by atoms with Crippen molar-refractivity contribution in [1.82, 2.24) is 10.6 Å². The normalized spacial score (nSPS) is 15.9. The SMILES string of the molecule is CC(C)C[C@H](NC(=O)[C@H]1CO1)C(=O)NCCCCN=C(N)N.O=C=O. The number of hydrogen-bond acceptors (Lipinski definition) is 6. The second-order valence-electron chi connectivity index (χ2n) is 5.90. The summed E-state index contributed by atoms with van der Waals surface area (Å²) in [7, 11) is 0. The monoisotopic (exact) mass is 357 g/mol. The van der Waals surface area contributed by atoms with E-state index >= 15 is 0 Å². The minimum Gasteiger partial charge on any atom is -0.370 e. The standard InChI is InChI=1S/C14H27N5O3.CO2/c1-9(2)7-10(19-13(21)11-8-22-11)12(20)17-5-3-4-6-18-14(15)16;2-1-3/h9-11H,3-8H2,1-2H3,(H,17,20)(H,19,21)(H4,15,16,18);/t10-,11+;/m0./s1. The molecule has 142 valence electrons. The van der Waals surface area contributed by atoms with E-state index in [1.54, 1.807) is 0 Å². The van der Waals surface area contributed by atoms with Gasteiger partial charge in [0.25, 0.3) is 5.91 Å². The maximum absolute atomic E-state index is 12.2. The van der Waals surface area contributed by atoms with Gasteiger partial charge in [-0.2, -0.15) is 9.59 Å². The number of guanidine groups is 1. The van der Waals surface area contributed by atoms with Gasteiger partial charge in [0.05, 0.1) is 6.61 Å². The first-order valence-corrected chi connectivity index (χ1v) is 8.06. The van der Waals surface area contributed by atoms with Gasteiger partial charge in [0.15, 0.2) is 12.1 Å². The number of ether oxygens (including phenoxy) is 1. The average Bonchev–Trinajstić information content (AvgIpc) is 3.34. The Labute approximate surface area is 146 Å². The molecule has 10 heteroatoms. The fraction of sp³-hybridized carbons (Fsp3) is 0.733. The van der Waals surface area contributed by atoms with Crippen molar-refractivity contribution in [1.29, 1.82) is 0 Å². The number of rotatable bonds is 10. The van der Waals surface area contributed by atoms with Crippen molar-refractivity contribution in [3.05, 3.63) is 0 Å². The molecule has 0 aliphatic carbocycles. The molecule has 2 amide bonds. The minimum atomic E-state index is -0.519. The Kier molecular flexibility index (Phi) is 11.6. The molecule has 1 aliphatic heterocycles. The molecule has 1 heterocycles. The first-order chi connectivity index (χ1) is 11.8. The van der Waals surface area contributed by atoms with E-state index in [1.165, 1.54) is 0 Å². The highest BCUT2D eigenvalue weighted by atomic mass is 16.6. The fourth-order valence-electron chi connectivity index (χ4n) is 1.95. The summed E-state index contributed by atoms with van der Waals surface area (Å²) in [5.41, 5.74) is 10.4. The smallest absolute Gasteiger partial charge is 0.370 e. The first kappa shape index (κ1) is 22.6. The molecule has 0 bridgehead atoms. The number of epoxide rings is 1. The highest BCUT2D eigenvalue weighted by Crippen LogP contribution is 2.11. The highest BCUT2D eigenvalue weighted by molar-refractivity contribution is 5.90. The van der Waals surface area contributed by atoms with Crippen molar-refractivity contribution in [2.24, 2.45) is 22.4 Å². The van der Waals surface area contributed by atoms with E-state index in [2.05, 4.69) is 15.6 Å². The van der Waals surface area contributed by atoms with Crippen LogP contribution in [0.5, 0.6) is 0 Å². The molecule has 10 nitrogen and oxygen atoms in total. The van der Waals surface area contributed by atoms with Gasteiger partial charge in [-0.15, -0.1) is 0 Å². The second-order valence-corrected chi connectivity index (χ2v) is 5.90. The lowest BCUT2D eigenvalue weighted by molar-refractivity contribution is -0.191. The summed E-state index contributed by atoms with van der Waals surface area (Å²) < 4.78 is 4.92. The van der Waals surface area contributed by atoms with Gasteiger partial charge in [0.1, 0.15) is 6.04 Å². The van der Waals surface area contributed by atoms with Gasteiger partial charge >= 0.3 is 6.15 Å². The Morgan fingerprint density at radius 2 is 1.88 bits per heavy atom. The highest BCUT2D eigenvalue weighted by Gasteiger charge is 2.34.